The van der Waals surface area contributed by atoms with Crippen LogP contribution in [0, 0.1) is 0 Å². The zero-order valence-electron chi connectivity index (χ0n) is 9.01. The first-order valence-electron chi connectivity index (χ1n) is 5.33. The Hall–Kier alpha value is -1.94. The van der Waals surface area contributed by atoms with Gasteiger partial charge in [-0.25, -0.2) is 4.98 Å². The number of nitrogens with zero attached hydrogens (tertiary/aromatic N) is 1. The molecule has 0 bridgehead atoms. The zero-order chi connectivity index (χ0) is 11.7. The number of H-pyrrole nitrogens is 1. The van der Waals surface area contributed by atoms with Crippen LogP contribution in [0.5, 0.6) is 0 Å². The maximum absolute atomic E-state index is 11.8. The smallest absolute Gasteiger partial charge is 0.270 e. The number of rotatable bonds is 2. The normalized spacial score (nSPS) is 10.8. The molecular weight excluding hydrogens is 232 g/mol. The van der Waals surface area contributed by atoms with Crippen molar-refractivity contribution in [3.05, 3.63) is 62.7 Å². The van der Waals surface area contributed by atoms with E-state index in [2.05, 4.69) is 9.97 Å². The van der Waals surface area contributed by atoms with E-state index in [1.807, 2.05) is 41.8 Å². The number of benzene rings is 1. The first-order chi connectivity index (χ1) is 8.33. The van der Waals surface area contributed by atoms with Crippen molar-refractivity contribution in [1.29, 1.82) is 0 Å². The van der Waals surface area contributed by atoms with Crippen molar-refractivity contribution in [3.63, 3.8) is 0 Å². The Bertz CT molecular complexity index is 701. The van der Waals surface area contributed by atoms with Crippen molar-refractivity contribution in [2.45, 2.75) is 6.42 Å². The van der Waals surface area contributed by atoms with Crippen LogP contribution in [-0.2, 0) is 6.42 Å². The van der Waals surface area contributed by atoms with Crippen molar-refractivity contribution < 1.29 is 0 Å². The van der Waals surface area contributed by atoms with Gasteiger partial charge < -0.3 is 4.98 Å². The van der Waals surface area contributed by atoms with Gasteiger partial charge in [-0.1, -0.05) is 18.2 Å². The van der Waals surface area contributed by atoms with E-state index in [1.165, 1.54) is 0 Å². The summed E-state index contributed by atoms with van der Waals surface area (Å²) in [6.07, 6.45) is 0.595. The third-order valence-electron chi connectivity index (χ3n) is 2.59. The molecule has 0 aliphatic heterocycles. The van der Waals surface area contributed by atoms with Crippen LogP contribution >= 0.6 is 11.3 Å². The standard InChI is InChI=1S/C13H10N2OS/c16-13-12(8-9-4-3-7-17-9)14-10-5-1-2-6-11(10)15-13/h1-7H,8H2,(H,15,16). The van der Waals surface area contributed by atoms with Crippen LogP contribution in [0.4, 0.5) is 0 Å². The number of hydrogen-bond donors (Lipinski definition) is 1. The summed E-state index contributed by atoms with van der Waals surface area (Å²) in [5.74, 6) is 0. The fraction of sp³-hybridized carbons (Fsp3) is 0.0769. The van der Waals surface area contributed by atoms with E-state index in [9.17, 15) is 4.79 Å². The Morgan fingerprint density at radius 2 is 2.06 bits per heavy atom. The van der Waals surface area contributed by atoms with Gasteiger partial charge >= 0.3 is 0 Å². The molecule has 0 fully saturated rings. The van der Waals surface area contributed by atoms with Gasteiger partial charge in [0.25, 0.3) is 5.56 Å². The van der Waals surface area contributed by atoms with E-state index in [4.69, 9.17) is 0 Å². The second-order valence-corrected chi connectivity index (χ2v) is 4.82. The van der Waals surface area contributed by atoms with E-state index in [1.54, 1.807) is 11.3 Å². The molecule has 1 aromatic carbocycles. The SMILES string of the molecule is O=c1[nH]c2ccccc2nc1Cc1cccs1. The predicted octanol–water partition coefficient (Wildman–Crippen LogP) is 2.58. The molecule has 0 spiro atoms. The molecule has 84 valence electrons. The summed E-state index contributed by atoms with van der Waals surface area (Å²) >= 11 is 1.64. The van der Waals surface area contributed by atoms with Crippen molar-refractivity contribution in [3.8, 4) is 0 Å². The molecule has 17 heavy (non-hydrogen) atoms. The topological polar surface area (TPSA) is 45.8 Å². The van der Waals surface area contributed by atoms with E-state index < -0.39 is 0 Å². The van der Waals surface area contributed by atoms with Gasteiger partial charge in [-0.2, -0.15) is 0 Å². The first-order valence-corrected chi connectivity index (χ1v) is 6.21. The minimum Gasteiger partial charge on any atom is -0.319 e. The van der Waals surface area contributed by atoms with Gasteiger partial charge in [0.2, 0.25) is 0 Å². The van der Waals surface area contributed by atoms with Crippen molar-refractivity contribution in [1.82, 2.24) is 9.97 Å². The van der Waals surface area contributed by atoms with Crippen LogP contribution in [0.15, 0.2) is 46.6 Å². The monoisotopic (exact) mass is 242 g/mol. The van der Waals surface area contributed by atoms with Crippen LogP contribution < -0.4 is 5.56 Å². The van der Waals surface area contributed by atoms with Crippen molar-refractivity contribution in [2.24, 2.45) is 0 Å². The molecule has 0 aliphatic carbocycles. The summed E-state index contributed by atoms with van der Waals surface area (Å²) in [7, 11) is 0. The minimum absolute atomic E-state index is 0.0999. The van der Waals surface area contributed by atoms with Crippen LogP contribution in [0.3, 0.4) is 0 Å². The third-order valence-corrected chi connectivity index (χ3v) is 3.47. The highest BCUT2D eigenvalue weighted by molar-refractivity contribution is 7.09. The van der Waals surface area contributed by atoms with E-state index >= 15 is 0 Å². The van der Waals surface area contributed by atoms with Gasteiger partial charge in [0.15, 0.2) is 0 Å². The molecule has 0 unspecified atom stereocenters. The van der Waals surface area contributed by atoms with E-state index in [0.29, 0.717) is 12.1 Å². The molecule has 2 aromatic heterocycles. The molecule has 3 aromatic rings. The third kappa shape index (κ3) is 1.99. The lowest BCUT2D eigenvalue weighted by Crippen LogP contribution is -2.15. The quantitative estimate of drug-likeness (QED) is 0.750. The number of hydrogen-bond acceptors (Lipinski definition) is 3. The average molecular weight is 242 g/mol. The summed E-state index contributed by atoms with van der Waals surface area (Å²) in [6.45, 7) is 0. The van der Waals surface area contributed by atoms with Gasteiger partial charge in [0.1, 0.15) is 5.69 Å². The molecule has 3 nitrogen and oxygen atoms in total. The highest BCUT2D eigenvalue weighted by Gasteiger charge is 2.05. The van der Waals surface area contributed by atoms with Gasteiger partial charge in [-0.15, -0.1) is 11.3 Å². The van der Waals surface area contributed by atoms with Crippen molar-refractivity contribution >= 4 is 22.4 Å². The number of fused-ring (bicyclic) bond motifs is 1. The van der Waals surface area contributed by atoms with Crippen LogP contribution in [0.1, 0.15) is 10.6 Å². The van der Waals surface area contributed by atoms with Gasteiger partial charge in [-0.05, 0) is 23.6 Å². The largest absolute Gasteiger partial charge is 0.319 e. The minimum atomic E-state index is -0.0999. The summed E-state index contributed by atoms with van der Waals surface area (Å²) in [5.41, 5.74) is 2.09. The second-order valence-electron chi connectivity index (χ2n) is 3.79. The molecule has 0 amide bonds. The molecule has 0 radical (unpaired) electrons. The summed E-state index contributed by atoms with van der Waals surface area (Å²) in [5, 5.41) is 2.00. The Morgan fingerprint density at radius 1 is 1.18 bits per heavy atom. The van der Waals surface area contributed by atoms with Crippen molar-refractivity contribution in [2.75, 3.05) is 0 Å². The number of thiophene rings is 1. The molecular formula is C13H10N2OS. The van der Waals surface area contributed by atoms with Gasteiger partial charge in [0, 0.05) is 11.3 Å². The summed E-state index contributed by atoms with van der Waals surface area (Å²) < 4.78 is 0. The number of aromatic amines is 1. The Morgan fingerprint density at radius 3 is 2.88 bits per heavy atom. The first kappa shape index (κ1) is 10.2. The molecule has 3 rings (SSSR count). The van der Waals surface area contributed by atoms with E-state index in [0.717, 1.165) is 15.9 Å². The fourth-order valence-corrected chi connectivity index (χ4v) is 2.47. The average Bonchev–Trinajstić information content (AvgIpc) is 2.83. The molecule has 1 N–H and O–H groups in total. The van der Waals surface area contributed by atoms with Crippen LogP contribution in [-0.4, -0.2) is 9.97 Å². The predicted molar refractivity (Wildman–Crippen MR) is 69.5 cm³/mol. The fourth-order valence-electron chi connectivity index (χ4n) is 1.77. The van der Waals surface area contributed by atoms with E-state index in [-0.39, 0.29) is 5.56 Å². The Kier molecular flexibility index (Phi) is 2.49. The number of para-hydroxylation sites is 2. The highest BCUT2D eigenvalue weighted by Crippen LogP contribution is 2.13. The molecule has 2 heterocycles. The lowest BCUT2D eigenvalue weighted by molar-refractivity contribution is 1.04. The zero-order valence-corrected chi connectivity index (χ0v) is 9.83. The lowest BCUT2D eigenvalue weighted by Gasteiger charge is -2.00. The maximum Gasteiger partial charge on any atom is 0.270 e. The summed E-state index contributed by atoms with van der Waals surface area (Å²) in [4.78, 5) is 20.3. The molecule has 0 saturated carbocycles. The lowest BCUT2D eigenvalue weighted by atomic mass is 10.2. The molecule has 0 aliphatic rings. The summed E-state index contributed by atoms with van der Waals surface area (Å²) in [6, 6.07) is 11.6. The molecule has 4 heteroatoms. The van der Waals surface area contributed by atoms with Gasteiger partial charge in [-0.3, -0.25) is 4.79 Å². The van der Waals surface area contributed by atoms with Gasteiger partial charge in [0.05, 0.1) is 11.0 Å². The van der Waals surface area contributed by atoms with Crippen LogP contribution in [0.2, 0.25) is 0 Å². The van der Waals surface area contributed by atoms with Crippen LogP contribution in [0.25, 0.3) is 11.0 Å². The number of nitrogens with one attached hydrogen (secondary N) is 1. The second kappa shape index (κ2) is 4.14. The Balaban J connectivity index is 2.10. The maximum atomic E-state index is 11.8. The Labute approximate surface area is 102 Å². The molecule has 0 atom stereocenters. The number of aromatic nitrogens is 2. The highest BCUT2D eigenvalue weighted by atomic mass is 32.1. The molecule has 0 saturated heterocycles.